The van der Waals surface area contributed by atoms with Crippen LogP contribution in [0.4, 0.5) is 0 Å². The maximum absolute atomic E-state index is 5.57. The van der Waals surface area contributed by atoms with Gasteiger partial charge in [-0.2, -0.15) is 0 Å². The molecule has 0 heterocycles. The van der Waals surface area contributed by atoms with Crippen molar-refractivity contribution < 1.29 is 0 Å². The lowest BCUT2D eigenvalue weighted by Gasteiger charge is -2.62. The van der Waals surface area contributed by atoms with E-state index in [1.807, 2.05) is 0 Å². The van der Waals surface area contributed by atoms with Gasteiger partial charge in [0.1, 0.15) is 0 Å². The first kappa shape index (κ1) is 7.57. The Morgan fingerprint density at radius 1 is 1.15 bits per heavy atom. The van der Waals surface area contributed by atoms with Gasteiger partial charge in [-0.3, -0.25) is 0 Å². The SMILES string of the molecule is NCc1ccc(C23CC(C2)C3)cc1. The number of hydrogen-bond acceptors (Lipinski definition) is 1. The van der Waals surface area contributed by atoms with Crippen molar-refractivity contribution in [3.63, 3.8) is 0 Å². The van der Waals surface area contributed by atoms with Crippen LogP contribution < -0.4 is 5.73 Å². The Morgan fingerprint density at radius 2 is 1.77 bits per heavy atom. The Labute approximate surface area is 78.9 Å². The van der Waals surface area contributed by atoms with Gasteiger partial charge in [0.15, 0.2) is 0 Å². The third-order valence-electron chi connectivity index (χ3n) is 3.84. The highest BCUT2D eigenvalue weighted by atomic mass is 14.6. The van der Waals surface area contributed by atoms with Crippen molar-refractivity contribution in [1.29, 1.82) is 0 Å². The lowest BCUT2D eigenvalue weighted by molar-refractivity contribution is -0.0274. The third-order valence-corrected chi connectivity index (χ3v) is 3.84. The van der Waals surface area contributed by atoms with Crippen molar-refractivity contribution in [2.24, 2.45) is 11.7 Å². The predicted octanol–water partition coefficient (Wildman–Crippen LogP) is 2.20. The minimum absolute atomic E-state index is 0.609. The van der Waals surface area contributed by atoms with Gasteiger partial charge < -0.3 is 5.73 Å². The summed E-state index contributed by atoms with van der Waals surface area (Å²) in [5, 5.41) is 0. The largest absolute Gasteiger partial charge is 0.326 e. The van der Waals surface area contributed by atoms with Crippen molar-refractivity contribution in [3.05, 3.63) is 35.4 Å². The quantitative estimate of drug-likeness (QED) is 0.729. The minimum atomic E-state index is 0.609. The average Bonchev–Trinajstić information content (AvgIpc) is 2.00. The van der Waals surface area contributed by atoms with Crippen LogP contribution in [0.5, 0.6) is 0 Å². The standard InChI is InChI=1S/C12H15N/c13-8-9-1-3-11(4-2-9)12-5-10(6-12)7-12/h1-4,10H,5-8,13H2. The maximum atomic E-state index is 5.57. The molecule has 1 nitrogen and oxygen atoms in total. The summed E-state index contributed by atoms with van der Waals surface area (Å²) in [6, 6.07) is 8.90. The Morgan fingerprint density at radius 3 is 2.15 bits per heavy atom. The van der Waals surface area contributed by atoms with Crippen LogP contribution in [0, 0.1) is 5.92 Å². The molecule has 0 radical (unpaired) electrons. The van der Waals surface area contributed by atoms with Gasteiger partial charge >= 0.3 is 0 Å². The lowest BCUT2D eigenvalue weighted by atomic mass is 9.42. The van der Waals surface area contributed by atoms with E-state index in [-0.39, 0.29) is 0 Å². The molecule has 0 atom stereocenters. The van der Waals surface area contributed by atoms with Gasteiger partial charge in [-0.05, 0) is 41.7 Å². The maximum Gasteiger partial charge on any atom is 0.0178 e. The summed E-state index contributed by atoms with van der Waals surface area (Å²) in [4.78, 5) is 0. The van der Waals surface area contributed by atoms with Crippen LogP contribution in [-0.2, 0) is 12.0 Å². The van der Waals surface area contributed by atoms with Gasteiger partial charge in [-0.15, -0.1) is 0 Å². The summed E-state index contributed by atoms with van der Waals surface area (Å²) in [7, 11) is 0. The molecule has 0 spiro atoms. The summed E-state index contributed by atoms with van der Waals surface area (Å²) < 4.78 is 0. The fourth-order valence-corrected chi connectivity index (χ4v) is 2.83. The number of nitrogens with two attached hydrogens (primary N) is 1. The number of benzene rings is 1. The molecule has 3 aliphatic carbocycles. The van der Waals surface area contributed by atoms with E-state index in [1.165, 1.54) is 24.8 Å². The molecule has 13 heavy (non-hydrogen) atoms. The number of hydrogen-bond donors (Lipinski definition) is 1. The second-order valence-electron chi connectivity index (χ2n) is 4.66. The molecule has 1 aromatic rings. The number of rotatable bonds is 2. The highest BCUT2D eigenvalue weighted by molar-refractivity contribution is 5.36. The molecular weight excluding hydrogens is 158 g/mol. The Hall–Kier alpha value is -0.820. The molecule has 0 unspecified atom stereocenters. The van der Waals surface area contributed by atoms with Crippen LogP contribution in [0.15, 0.2) is 24.3 Å². The molecule has 0 aromatic heterocycles. The highest BCUT2D eigenvalue weighted by Crippen LogP contribution is 2.64. The molecule has 3 fully saturated rings. The first-order chi connectivity index (χ1) is 6.32. The molecular formula is C12H15N. The van der Waals surface area contributed by atoms with Crippen molar-refractivity contribution >= 4 is 0 Å². The van der Waals surface area contributed by atoms with Crippen LogP contribution >= 0.6 is 0 Å². The Balaban J connectivity index is 1.89. The van der Waals surface area contributed by atoms with Gasteiger partial charge in [0.2, 0.25) is 0 Å². The van der Waals surface area contributed by atoms with Gasteiger partial charge in [-0.25, -0.2) is 0 Å². The Kier molecular flexibility index (Phi) is 1.37. The van der Waals surface area contributed by atoms with Crippen molar-refractivity contribution in [3.8, 4) is 0 Å². The topological polar surface area (TPSA) is 26.0 Å². The van der Waals surface area contributed by atoms with E-state index < -0.39 is 0 Å². The second-order valence-corrected chi connectivity index (χ2v) is 4.66. The summed E-state index contributed by atoms with van der Waals surface area (Å²) in [6.45, 7) is 0.663. The van der Waals surface area contributed by atoms with E-state index in [1.54, 1.807) is 5.56 Å². The first-order valence-electron chi connectivity index (χ1n) is 5.12. The van der Waals surface area contributed by atoms with Gasteiger partial charge in [0.25, 0.3) is 0 Å². The van der Waals surface area contributed by atoms with Crippen molar-refractivity contribution in [2.75, 3.05) is 0 Å². The average molecular weight is 173 g/mol. The Bertz CT molecular complexity index is 308. The van der Waals surface area contributed by atoms with Crippen LogP contribution in [0.2, 0.25) is 0 Å². The van der Waals surface area contributed by atoms with E-state index in [2.05, 4.69) is 24.3 Å². The molecule has 2 bridgehead atoms. The molecule has 0 saturated heterocycles. The molecule has 4 rings (SSSR count). The molecule has 3 aliphatic rings. The second kappa shape index (κ2) is 2.36. The molecule has 3 saturated carbocycles. The summed E-state index contributed by atoms with van der Waals surface area (Å²) in [5.41, 5.74) is 8.97. The van der Waals surface area contributed by atoms with Crippen LogP contribution in [0.25, 0.3) is 0 Å². The summed E-state index contributed by atoms with van der Waals surface area (Å²) >= 11 is 0. The fourth-order valence-electron chi connectivity index (χ4n) is 2.83. The fraction of sp³-hybridized carbons (Fsp3) is 0.500. The predicted molar refractivity (Wildman–Crippen MR) is 53.4 cm³/mol. The molecule has 2 N–H and O–H groups in total. The molecule has 0 amide bonds. The van der Waals surface area contributed by atoms with E-state index in [4.69, 9.17) is 5.73 Å². The molecule has 0 aliphatic heterocycles. The normalized spacial score (nSPS) is 35.0. The van der Waals surface area contributed by atoms with Crippen LogP contribution in [0.3, 0.4) is 0 Å². The molecule has 1 aromatic carbocycles. The summed E-state index contributed by atoms with van der Waals surface area (Å²) in [6.07, 6.45) is 4.32. The lowest BCUT2D eigenvalue weighted by Crippen LogP contribution is -2.55. The monoisotopic (exact) mass is 173 g/mol. The van der Waals surface area contributed by atoms with Crippen LogP contribution in [-0.4, -0.2) is 0 Å². The first-order valence-corrected chi connectivity index (χ1v) is 5.12. The van der Waals surface area contributed by atoms with E-state index in [0.717, 1.165) is 5.92 Å². The minimum Gasteiger partial charge on any atom is -0.326 e. The van der Waals surface area contributed by atoms with Gasteiger partial charge in [0.05, 0.1) is 0 Å². The molecule has 1 heteroatoms. The zero-order valence-corrected chi connectivity index (χ0v) is 7.79. The zero-order valence-electron chi connectivity index (χ0n) is 7.79. The van der Waals surface area contributed by atoms with E-state index in [0.29, 0.717) is 12.0 Å². The van der Waals surface area contributed by atoms with E-state index in [9.17, 15) is 0 Å². The zero-order chi connectivity index (χ0) is 8.89. The summed E-state index contributed by atoms with van der Waals surface area (Å²) in [5.74, 6) is 1.06. The van der Waals surface area contributed by atoms with Crippen LogP contribution in [0.1, 0.15) is 30.4 Å². The van der Waals surface area contributed by atoms with Crippen molar-refractivity contribution in [1.82, 2.24) is 0 Å². The highest BCUT2D eigenvalue weighted by Gasteiger charge is 2.57. The smallest absolute Gasteiger partial charge is 0.0178 e. The van der Waals surface area contributed by atoms with Gasteiger partial charge in [0, 0.05) is 6.54 Å². The van der Waals surface area contributed by atoms with Crippen molar-refractivity contribution in [2.45, 2.75) is 31.2 Å². The van der Waals surface area contributed by atoms with E-state index >= 15 is 0 Å². The third kappa shape index (κ3) is 0.910. The van der Waals surface area contributed by atoms with Gasteiger partial charge in [-0.1, -0.05) is 24.3 Å². The molecule has 68 valence electrons.